The maximum absolute atomic E-state index is 4.38. The van der Waals surface area contributed by atoms with Gasteiger partial charge in [0.1, 0.15) is 6.67 Å². The second-order valence-electron chi connectivity index (χ2n) is 4.31. The normalized spacial score (nSPS) is 14.6. The van der Waals surface area contributed by atoms with Crippen LogP contribution in [-0.4, -0.2) is 35.4 Å². The van der Waals surface area contributed by atoms with Gasteiger partial charge in [-0.3, -0.25) is 4.98 Å². The van der Waals surface area contributed by atoms with Crippen molar-refractivity contribution >= 4 is 12.3 Å². The van der Waals surface area contributed by atoms with Crippen molar-refractivity contribution in [1.82, 2.24) is 15.2 Å². The smallest absolute Gasteiger partial charge is 0.221 e. The molecule has 0 unspecified atom stereocenters. The number of hydrogen-bond donors (Lipinski definition) is 1. The van der Waals surface area contributed by atoms with Crippen LogP contribution in [0.15, 0.2) is 28.3 Å². The van der Waals surface area contributed by atoms with E-state index < -0.39 is 0 Å². The highest BCUT2D eigenvalue weighted by molar-refractivity contribution is 5.88. The molecule has 2 rings (SSSR count). The Bertz CT molecular complexity index is 452. The van der Waals surface area contributed by atoms with Crippen molar-refractivity contribution in [2.24, 2.45) is 9.98 Å². The van der Waals surface area contributed by atoms with Crippen LogP contribution in [-0.2, 0) is 6.54 Å². The quantitative estimate of drug-likeness (QED) is 0.875. The minimum Gasteiger partial charge on any atom is -0.354 e. The van der Waals surface area contributed by atoms with Crippen LogP contribution in [0, 0.1) is 6.92 Å². The van der Waals surface area contributed by atoms with E-state index in [0.29, 0.717) is 6.67 Å². The number of rotatable bonds is 4. The maximum atomic E-state index is 4.38. The van der Waals surface area contributed by atoms with Crippen LogP contribution in [0.1, 0.15) is 24.6 Å². The van der Waals surface area contributed by atoms with Crippen molar-refractivity contribution in [1.29, 1.82) is 0 Å². The monoisotopic (exact) mass is 245 g/mol. The van der Waals surface area contributed by atoms with E-state index in [1.165, 1.54) is 5.56 Å². The number of pyridine rings is 1. The Labute approximate surface area is 108 Å². The summed E-state index contributed by atoms with van der Waals surface area (Å²) in [5.41, 5.74) is 2.27. The fourth-order valence-electron chi connectivity index (χ4n) is 1.68. The summed E-state index contributed by atoms with van der Waals surface area (Å²) < 4.78 is 0. The Morgan fingerprint density at radius 2 is 2.33 bits per heavy atom. The molecule has 18 heavy (non-hydrogen) atoms. The summed E-state index contributed by atoms with van der Waals surface area (Å²) in [6, 6.07) is 4.02. The average molecular weight is 245 g/mol. The lowest BCUT2D eigenvalue weighted by Gasteiger charge is -2.21. The zero-order valence-electron chi connectivity index (χ0n) is 10.9. The first-order valence-electron chi connectivity index (χ1n) is 6.26. The summed E-state index contributed by atoms with van der Waals surface area (Å²) in [7, 11) is 0. The summed E-state index contributed by atoms with van der Waals surface area (Å²) >= 11 is 0. The van der Waals surface area contributed by atoms with Crippen molar-refractivity contribution in [3.8, 4) is 0 Å². The van der Waals surface area contributed by atoms with Crippen LogP contribution in [0.5, 0.6) is 0 Å². The first kappa shape index (κ1) is 12.5. The molecule has 0 aromatic carbocycles. The van der Waals surface area contributed by atoms with Gasteiger partial charge in [0, 0.05) is 12.7 Å². The number of aryl methyl sites for hydroxylation is 1. The van der Waals surface area contributed by atoms with Gasteiger partial charge in [0.05, 0.1) is 18.6 Å². The van der Waals surface area contributed by atoms with E-state index in [9.17, 15) is 0 Å². The van der Waals surface area contributed by atoms with Crippen LogP contribution >= 0.6 is 0 Å². The summed E-state index contributed by atoms with van der Waals surface area (Å²) in [6.07, 6.45) is 4.73. The third-order valence-electron chi connectivity index (χ3n) is 2.75. The lowest BCUT2D eigenvalue weighted by atomic mass is 10.2. The van der Waals surface area contributed by atoms with Crippen LogP contribution in [0.3, 0.4) is 0 Å². The Balaban J connectivity index is 1.90. The zero-order valence-corrected chi connectivity index (χ0v) is 10.9. The van der Waals surface area contributed by atoms with Crippen LogP contribution in [0.2, 0.25) is 0 Å². The van der Waals surface area contributed by atoms with Gasteiger partial charge in [-0.25, -0.2) is 9.98 Å². The standard InChI is InChI=1S/C13H19N5/c1-3-6-15-13-16-9-18(10-17-13)8-12-11(2)5-4-7-14-12/h4-5,7,9H,3,6,8,10H2,1-2H3,(H,15,17). The van der Waals surface area contributed by atoms with E-state index in [4.69, 9.17) is 0 Å². The van der Waals surface area contributed by atoms with Crippen LogP contribution in [0.4, 0.5) is 0 Å². The first-order valence-corrected chi connectivity index (χ1v) is 6.26. The van der Waals surface area contributed by atoms with Crippen molar-refractivity contribution in [2.45, 2.75) is 26.8 Å². The molecule has 0 saturated carbocycles. The molecule has 0 saturated heterocycles. The number of aliphatic imine (C=N–C) groups is 2. The molecule has 0 atom stereocenters. The fourth-order valence-corrected chi connectivity index (χ4v) is 1.68. The van der Waals surface area contributed by atoms with E-state index in [-0.39, 0.29) is 0 Å². The summed E-state index contributed by atoms with van der Waals surface area (Å²) in [5.74, 6) is 0.728. The molecule has 96 valence electrons. The largest absolute Gasteiger partial charge is 0.354 e. The Hall–Kier alpha value is -1.91. The molecule has 1 aliphatic heterocycles. The predicted octanol–water partition coefficient (Wildman–Crippen LogP) is 1.55. The highest BCUT2D eigenvalue weighted by Gasteiger charge is 2.09. The SMILES string of the molecule is CCCNC1=NCN(Cc2ncccc2C)C=N1. The molecule has 1 aliphatic rings. The Kier molecular flexibility index (Phi) is 4.28. The number of guanidine groups is 1. The molecule has 0 bridgehead atoms. The summed E-state index contributed by atoms with van der Waals surface area (Å²) in [5, 5.41) is 3.18. The van der Waals surface area contributed by atoms with Crippen LogP contribution < -0.4 is 5.32 Å². The third-order valence-corrected chi connectivity index (χ3v) is 2.75. The molecule has 0 fully saturated rings. The molecular weight excluding hydrogens is 226 g/mol. The highest BCUT2D eigenvalue weighted by Crippen LogP contribution is 2.07. The topological polar surface area (TPSA) is 52.9 Å². The van der Waals surface area contributed by atoms with Gasteiger partial charge in [0.2, 0.25) is 5.96 Å². The number of nitrogens with zero attached hydrogens (tertiary/aromatic N) is 4. The molecule has 1 aromatic rings. The molecule has 2 heterocycles. The molecule has 0 spiro atoms. The molecule has 1 aromatic heterocycles. The molecule has 0 aliphatic carbocycles. The van der Waals surface area contributed by atoms with Gasteiger partial charge < -0.3 is 10.2 Å². The van der Waals surface area contributed by atoms with Gasteiger partial charge in [-0.1, -0.05) is 13.0 Å². The van der Waals surface area contributed by atoms with Gasteiger partial charge in [0.15, 0.2) is 0 Å². The summed E-state index contributed by atoms with van der Waals surface area (Å²) in [6.45, 7) is 6.49. The Morgan fingerprint density at radius 3 is 3.00 bits per heavy atom. The number of aromatic nitrogens is 1. The minimum atomic E-state index is 0.631. The third kappa shape index (κ3) is 3.29. The van der Waals surface area contributed by atoms with Crippen molar-refractivity contribution < 1.29 is 0 Å². The highest BCUT2D eigenvalue weighted by atomic mass is 15.3. The second kappa shape index (κ2) is 6.14. The lowest BCUT2D eigenvalue weighted by molar-refractivity contribution is 0.426. The average Bonchev–Trinajstić information content (AvgIpc) is 2.41. The van der Waals surface area contributed by atoms with Crippen molar-refractivity contribution in [2.75, 3.05) is 13.2 Å². The number of nitrogens with one attached hydrogen (secondary N) is 1. The number of hydrogen-bond acceptors (Lipinski definition) is 5. The predicted molar refractivity (Wildman–Crippen MR) is 73.6 cm³/mol. The van der Waals surface area contributed by atoms with E-state index in [1.54, 1.807) is 0 Å². The van der Waals surface area contributed by atoms with Crippen LogP contribution in [0.25, 0.3) is 0 Å². The van der Waals surface area contributed by atoms with E-state index >= 15 is 0 Å². The minimum absolute atomic E-state index is 0.631. The van der Waals surface area contributed by atoms with Gasteiger partial charge in [-0.05, 0) is 25.0 Å². The van der Waals surface area contributed by atoms with Gasteiger partial charge in [-0.2, -0.15) is 0 Å². The molecule has 1 N–H and O–H groups in total. The molecule has 5 nitrogen and oxygen atoms in total. The molecule has 0 radical (unpaired) electrons. The van der Waals surface area contributed by atoms with Crippen molar-refractivity contribution in [3.63, 3.8) is 0 Å². The van der Waals surface area contributed by atoms with Gasteiger partial charge in [-0.15, -0.1) is 0 Å². The molecular formula is C13H19N5. The fraction of sp³-hybridized carbons (Fsp3) is 0.462. The van der Waals surface area contributed by atoms with Gasteiger partial charge in [0.25, 0.3) is 0 Å². The maximum Gasteiger partial charge on any atom is 0.221 e. The first-order chi connectivity index (χ1) is 8.79. The van der Waals surface area contributed by atoms with E-state index in [0.717, 1.165) is 31.2 Å². The summed E-state index contributed by atoms with van der Waals surface area (Å²) in [4.78, 5) is 15.1. The van der Waals surface area contributed by atoms with E-state index in [2.05, 4.69) is 40.2 Å². The van der Waals surface area contributed by atoms with Gasteiger partial charge >= 0.3 is 0 Å². The zero-order chi connectivity index (χ0) is 12.8. The van der Waals surface area contributed by atoms with E-state index in [1.807, 2.05) is 23.5 Å². The Morgan fingerprint density at radius 1 is 1.44 bits per heavy atom. The lowest BCUT2D eigenvalue weighted by Crippen LogP contribution is -2.32. The molecule has 0 amide bonds. The molecule has 5 heteroatoms. The second-order valence-corrected chi connectivity index (χ2v) is 4.31. The van der Waals surface area contributed by atoms with Crippen molar-refractivity contribution in [3.05, 3.63) is 29.6 Å².